The van der Waals surface area contributed by atoms with Gasteiger partial charge in [-0.1, -0.05) is 36.4 Å². The molecule has 0 aliphatic carbocycles. The van der Waals surface area contributed by atoms with Crippen molar-refractivity contribution >= 4 is 40.9 Å². The second-order valence-corrected chi connectivity index (χ2v) is 7.42. The van der Waals surface area contributed by atoms with Crippen molar-refractivity contribution in [2.75, 3.05) is 17.6 Å². The maximum atomic E-state index is 12.2. The Bertz CT molecular complexity index is 991. The van der Waals surface area contributed by atoms with Crippen molar-refractivity contribution in [2.45, 2.75) is 18.6 Å². The number of anilines is 1. The number of nitrogens with one attached hydrogen (secondary N) is 2. The average molecular weight is 431 g/mol. The van der Waals surface area contributed by atoms with Crippen LogP contribution in [0.5, 0.6) is 0 Å². The Morgan fingerprint density at radius 2 is 1.93 bits per heavy atom. The van der Waals surface area contributed by atoms with Gasteiger partial charge >= 0.3 is 0 Å². The summed E-state index contributed by atoms with van der Waals surface area (Å²) in [7, 11) is 0. The van der Waals surface area contributed by atoms with E-state index in [0.717, 1.165) is 23.7 Å². The van der Waals surface area contributed by atoms with Crippen LogP contribution < -0.4 is 10.6 Å². The summed E-state index contributed by atoms with van der Waals surface area (Å²) in [5, 5.41) is 14.4. The summed E-state index contributed by atoms with van der Waals surface area (Å²) in [6.07, 6.45) is 0.856. The maximum Gasteiger partial charge on any atom is 0.277 e. The third-order valence-electron chi connectivity index (χ3n) is 3.77. The number of halogens is 1. The van der Waals surface area contributed by atoms with E-state index in [4.69, 9.17) is 16.0 Å². The molecule has 0 aliphatic heterocycles. The van der Waals surface area contributed by atoms with E-state index in [-0.39, 0.29) is 22.8 Å². The smallest absolute Gasteiger partial charge is 0.277 e. The van der Waals surface area contributed by atoms with E-state index < -0.39 is 0 Å². The van der Waals surface area contributed by atoms with Crippen molar-refractivity contribution in [1.82, 2.24) is 15.5 Å². The maximum absolute atomic E-state index is 12.2. The molecule has 9 heteroatoms. The largest absolute Gasteiger partial charge is 0.411 e. The molecular formula is C20H19ClN4O3S. The number of thioether (sulfide) groups is 1. The molecule has 0 aliphatic rings. The van der Waals surface area contributed by atoms with Gasteiger partial charge in [0.25, 0.3) is 11.1 Å². The standard InChI is InChI=1S/C20H19ClN4O3S/c1-2-10-22-18(27)14-4-3-5-16(11-14)23-17(26)12-29-20-25-24-19(28-20)13-6-8-15(21)9-7-13/h3-9,11H,2,10,12H2,1H3,(H,22,27)(H,23,26). The highest BCUT2D eigenvalue weighted by Gasteiger charge is 2.12. The summed E-state index contributed by atoms with van der Waals surface area (Å²) in [4.78, 5) is 24.2. The van der Waals surface area contributed by atoms with Gasteiger partial charge in [-0.15, -0.1) is 10.2 Å². The molecule has 2 N–H and O–H groups in total. The highest BCUT2D eigenvalue weighted by Crippen LogP contribution is 2.24. The van der Waals surface area contributed by atoms with Gasteiger partial charge in [0.05, 0.1) is 5.75 Å². The topological polar surface area (TPSA) is 97.1 Å². The lowest BCUT2D eigenvalue weighted by atomic mass is 10.2. The lowest BCUT2D eigenvalue weighted by Crippen LogP contribution is -2.24. The van der Waals surface area contributed by atoms with Crippen LogP contribution in [-0.4, -0.2) is 34.3 Å². The molecule has 0 fully saturated rings. The number of benzene rings is 2. The molecule has 3 rings (SSSR count). The molecule has 1 aromatic heterocycles. The zero-order valence-electron chi connectivity index (χ0n) is 15.6. The van der Waals surface area contributed by atoms with Crippen molar-refractivity contribution in [1.29, 1.82) is 0 Å². The van der Waals surface area contributed by atoms with Gasteiger partial charge in [0.1, 0.15) is 0 Å². The van der Waals surface area contributed by atoms with Gasteiger partial charge in [-0.3, -0.25) is 9.59 Å². The Labute approximate surface area is 177 Å². The van der Waals surface area contributed by atoms with Gasteiger partial charge < -0.3 is 15.1 Å². The molecule has 0 atom stereocenters. The second kappa shape index (κ2) is 10.1. The minimum absolute atomic E-state index is 0.0918. The monoisotopic (exact) mass is 430 g/mol. The zero-order valence-corrected chi connectivity index (χ0v) is 17.2. The number of amides is 2. The molecule has 3 aromatic rings. The molecule has 2 aromatic carbocycles. The Kier molecular flexibility index (Phi) is 7.26. The summed E-state index contributed by atoms with van der Waals surface area (Å²) >= 11 is 7.00. The van der Waals surface area contributed by atoms with Crippen LogP contribution in [-0.2, 0) is 4.79 Å². The lowest BCUT2D eigenvalue weighted by Gasteiger charge is -2.07. The van der Waals surface area contributed by atoms with E-state index in [0.29, 0.717) is 28.7 Å². The summed E-state index contributed by atoms with van der Waals surface area (Å²) in [5.41, 5.74) is 1.79. The second-order valence-electron chi connectivity index (χ2n) is 6.05. The number of carbonyl (C=O) groups is 2. The Morgan fingerprint density at radius 3 is 2.69 bits per heavy atom. The predicted molar refractivity (Wildman–Crippen MR) is 113 cm³/mol. The van der Waals surface area contributed by atoms with Gasteiger partial charge in [0.2, 0.25) is 11.8 Å². The van der Waals surface area contributed by atoms with E-state index in [9.17, 15) is 9.59 Å². The third kappa shape index (κ3) is 6.07. The van der Waals surface area contributed by atoms with Crippen LogP contribution in [0, 0.1) is 0 Å². The van der Waals surface area contributed by atoms with E-state index in [1.165, 1.54) is 0 Å². The SMILES string of the molecule is CCCNC(=O)c1cccc(NC(=O)CSc2nnc(-c3ccc(Cl)cc3)o2)c1. The normalized spacial score (nSPS) is 10.6. The third-order valence-corrected chi connectivity index (χ3v) is 4.84. The highest BCUT2D eigenvalue weighted by atomic mass is 35.5. The van der Waals surface area contributed by atoms with E-state index >= 15 is 0 Å². The Hall–Kier alpha value is -2.84. The van der Waals surface area contributed by atoms with Crippen molar-refractivity contribution < 1.29 is 14.0 Å². The molecule has 1 heterocycles. The molecule has 29 heavy (non-hydrogen) atoms. The van der Waals surface area contributed by atoms with Gasteiger partial charge in [-0.25, -0.2) is 0 Å². The number of carbonyl (C=O) groups excluding carboxylic acids is 2. The first-order valence-corrected chi connectivity index (χ1v) is 10.3. The van der Waals surface area contributed by atoms with E-state index in [1.807, 2.05) is 6.92 Å². The van der Waals surface area contributed by atoms with Crippen molar-refractivity contribution in [2.24, 2.45) is 0 Å². The number of hydrogen-bond acceptors (Lipinski definition) is 6. The van der Waals surface area contributed by atoms with Gasteiger partial charge in [0, 0.05) is 28.4 Å². The fraction of sp³-hybridized carbons (Fsp3) is 0.200. The zero-order chi connectivity index (χ0) is 20.6. The molecule has 0 bridgehead atoms. The summed E-state index contributed by atoms with van der Waals surface area (Å²) < 4.78 is 5.56. The van der Waals surface area contributed by atoms with E-state index in [2.05, 4.69) is 20.8 Å². The Balaban J connectivity index is 1.54. The molecule has 0 spiro atoms. The summed E-state index contributed by atoms with van der Waals surface area (Å²) in [6.45, 7) is 2.59. The molecule has 0 radical (unpaired) electrons. The molecule has 0 saturated carbocycles. The molecule has 150 valence electrons. The predicted octanol–water partition coefficient (Wildman–Crippen LogP) is 4.26. The molecule has 0 unspecified atom stereocenters. The number of aromatic nitrogens is 2. The van der Waals surface area contributed by atoms with Crippen LogP contribution in [0.2, 0.25) is 5.02 Å². The van der Waals surface area contributed by atoms with Crippen LogP contribution in [0.25, 0.3) is 11.5 Å². The van der Waals surface area contributed by atoms with Crippen LogP contribution in [0.3, 0.4) is 0 Å². The number of hydrogen-bond donors (Lipinski definition) is 2. The van der Waals surface area contributed by atoms with E-state index in [1.54, 1.807) is 48.5 Å². The lowest BCUT2D eigenvalue weighted by molar-refractivity contribution is -0.113. The molecular weight excluding hydrogens is 412 g/mol. The highest BCUT2D eigenvalue weighted by molar-refractivity contribution is 7.99. The first kappa shape index (κ1) is 20.9. The van der Waals surface area contributed by atoms with Crippen molar-refractivity contribution in [3.05, 3.63) is 59.1 Å². The number of rotatable bonds is 8. The molecule has 2 amide bonds. The van der Waals surface area contributed by atoms with Gasteiger partial charge in [0.15, 0.2) is 0 Å². The van der Waals surface area contributed by atoms with Crippen LogP contribution in [0.4, 0.5) is 5.69 Å². The first-order valence-electron chi connectivity index (χ1n) is 8.95. The van der Waals surface area contributed by atoms with Crippen LogP contribution in [0.15, 0.2) is 58.2 Å². The summed E-state index contributed by atoms with van der Waals surface area (Å²) in [6, 6.07) is 13.8. The van der Waals surface area contributed by atoms with Gasteiger partial charge in [-0.05, 0) is 48.9 Å². The van der Waals surface area contributed by atoms with Crippen molar-refractivity contribution in [3.63, 3.8) is 0 Å². The summed E-state index contributed by atoms with van der Waals surface area (Å²) in [5.74, 6) is 0.0368. The van der Waals surface area contributed by atoms with Crippen LogP contribution >= 0.6 is 23.4 Å². The van der Waals surface area contributed by atoms with Crippen LogP contribution in [0.1, 0.15) is 23.7 Å². The fourth-order valence-corrected chi connectivity index (χ4v) is 3.07. The average Bonchev–Trinajstić information content (AvgIpc) is 3.20. The first-order chi connectivity index (χ1) is 14.0. The number of nitrogens with zero attached hydrogens (tertiary/aromatic N) is 2. The minimum atomic E-state index is -0.243. The minimum Gasteiger partial charge on any atom is -0.411 e. The van der Waals surface area contributed by atoms with Crippen molar-refractivity contribution in [3.8, 4) is 11.5 Å². The molecule has 0 saturated heterocycles. The van der Waals surface area contributed by atoms with Gasteiger partial charge in [-0.2, -0.15) is 0 Å². The Morgan fingerprint density at radius 1 is 1.14 bits per heavy atom. The fourth-order valence-electron chi connectivity index (χ4n) is 2.38. The quantitative estimate of drug-likeness (QED) is 0.518. The molecule has 7 nitrogen and oxygen atoms in total.